The van der Waals surface area contributed by atoms with Crippen LogP contribution >= 0.6 is 0 Å². The Kier molecular flexibility index (Phi) is 20.3. The summed E-state index contributed by atoms with van der Waals surface area (Å²) < 4.78 is 5.86. The van der Waals surface area contributed by atoms with Crippen molar-refractivity contribution < 1.29 is 44.7 Å². The van der Waals surface area contributed by atoms with Crippen molar-refractivity contribution >= 4 is 29.4 Å². The Hall–Kier alpha value is -7.33. The van der Waals surface area contributed by atoms with Crippen molar-refractivity contribution in [3.8, 4) is 11.5 Å². The van der Waals surface area contributed by atoms with Crippen molar-refractivity contribution in [3.63, 3.8) is 0 Å². The number of carbonyl (C=O) groups is 3. The molecule has 4 aromatic carbocycles. The highest BCUT2D eigenvalue weighted by Crippen LogP contribution is 2.43. The zero-order valence-electron chi connectivity index (χ0n) is 47.3. The zero-order chi connectivity index (χ0) is 57.4. The van der Waals surface area contributed by atoms with Gasteiger partial charge in [0.2, 0.25) is 0 Å². The van der Waals surface area contributed by atoms with Gasteiger partial charge in [-0.3, -0.25) is 9.59 Å². The number of aromatic hydroxyl groups is 1. The van der Waals surface area contributed by atoms with Gasteiger partial charge >= 0.3 is 5.97 Å². The summed E-state index contributed by atoms with van der Waals surface area (Å²) in [6.45, 7) is 5.39. The van der Waals surface area contributed by atoms with E-state index in [9.17, 15) is 39.9 Å². The normalized spacial score (nSPS) is 19.6. The van der Waals surface area contributed by atoms with Gasteiger partial charge in [0.25, 0.3) is 11.8 Å². The van der Waals surface area contributed by atoms with Crippen LogP contribution in [0.1, 0.15) is 119 Å². The molecule has 0 spiro atoms. The minimum atomic E-state index is -1.72. The van der Waals surface area contributed by atoms with E-state index in [-0.39, 0.29) is 35.3 Å². The summed E-state index contributed by atoms with van der Waals surface area (Å²) in [7, 11) is 0. The first-order chi connectivity index (χ1) is 39.9. The molecule has 2 aromatic heterocycles. The highest BCUT2D eigenvalue weighted by molar-refractivity contribution is 5.88. The molecule has 434 valence electrons. The van der Waals surface area contributed by atoms with E-state index in [1.165, 1.54) is 19.0 Å². The van der Waals surface area contributed by atoms with E-state index in [1.54, 1.807) is 47.5 Å². The van der Waals surface area contributed by atoms with Gasteiger partial charge in [0.15, 0.2) is 16.8 Å². The summed E-state index contributed by atoms with van der Waals surface area (Å²) in [5, 5.41) is 53.1. The first-order valence-corrected chi connectivity index (χ1v) is 29.8. The summed E-state index contributed by atoms with van der Waals surface area (Å²) in [6, 6.07) is 45.2. The topological polar surface area (TPSA) is 200 Å². The fourth-order valence-corrected chi connectivity index (χ4v) is 12.9. The number of rotatable bonds is 14. The van der Waals surface area contributed by atoms with Crippen molar-refractivity contribution in [3.05, 3.63) is 180 Å². The number of carboxylic acids is 1. The molecule has 11 rings (SSSR count). The maximum absolute atomic E-state index is 13.8. The van der Waals surface area contributed by atoms with Crippen LogP contribution in [0.3, 0.4) is 0 Å². The number of hydrogen-bond donors (Lipinski definition) is 5. The lowest BCUT2D eigenvalue weighted by Crippen LogP contribution is -2.57. The molecule has 15 heteroatoms. The van der Waals surface area contributed by atoms with E-state index in [0.29, 0.717) is 70.1 Å². The Labute approximate surface area is 483 Å². The first kappa shape index (κ1) is 59.3. The number of carboxylic acid groups (broad SMARTS) is 1. The summed E-state index contributed by atoms with van der Waals surface area (Å²) in [6.07, 6.45) is 18.1. The monoisotopic (exact) mass is 1110 g/mol. The van der Waals surface area contributed by atoms with Crippen LogP contribution in [0.5, 0.6) is 11.5 Å². The molecule has 0 radical (unpaired) electrons. The van der Waals surface area contributed by atoms with Gasteiger partial charge in [-0.25, -0.2) is 14.8 Å². The molecule has 5 fully saturated rings. The Balaban J connectivity index is 0.000000158. The van der Waals surface area contributed by atoms with E-state index in [4.69, 9.17) is 4.74 Å². The van der Waals surface area contributed by atoms with Gasteiger partial charge in [0, 0.05) is 70.1 Å². The number of pyridine rings is 2. The average molecular weight is 1120 g/mol. The molecule has 3 atom stereocenters. The highest BCUT2D eigenvalue weighted by atomic mass is 16.5. The van der Waals surface area contributed by atoms with Crippen LogP contribution in [0.25, 0.3) is 0 Å². The van der Waals surface area contributed by atoms with Crippen LogP contribution in [0.15, 0.2) is 158 Å². The minimum absolute atomic E-state index is 0.0377. The van der Waals surface area contributed by atoms with Crippen LogP contribution in [-0.4, -0.2) is 115 Å². The van der Waals surface area contributed by atoms with Gasteiger partial charge in [-0.2, -0.15) is 0 Å². The molecule has 4 heterocycles. The standard InChI is InChI=1S/C30H35N3O3.C23H29N3O3.C14H18O3/c34-29(30(35,25-12-6-2-7-13-25)26-14-8-3-9-15-26)33-20-18-32(19-21-33)28-17-16-27(22-31-28)36-23-24-10-4-1-5-11-24;27-20-11-12-21(24-17-20)25-13-15-26(16-14-25)22(28)23(29,18-7-3-1-4-8-18)19-9-5-2-6-10-19;15-13(16)14(17,11-7-3-1-4-8-11)12-9-5-2-6-10-12/h1-2,4-7,10-13,16-17,22,26,35H,3,8-9,14-15,18-21,23H2;1,3-4,7-8,11-12,17,19,27,29H,2,5-6,9-10,13-16H2;1,3-4,7-8,12,17H,2,5-6,9-10H2,(H,15,16). The largest absolute Gasteiger partial charge is 0.506 e. The van der Waals surface area contributed by atoms with E-state index < -0.39 is 22.8 Å². The van der Waals surface area contributed by atoms with Crippen molar-refractivity contribution in [2.24, 2.45) is 17.8 Å². The molecule has 5 N–H and O–H groups in total. The van der Waals surface area contributed by atoms with Crippen molar-refractivity contribution in [2.45, 2.75) is 120 Å². The summed E-state index contributed by atoms with van der Waals surface area (Å²) in [5.74, 6) is 0.839. The van der Waals surface area contributed by atoms with Crippen LogP contribution in [0.2, 0.25) is 0 Å². The van der Waals surface area contributed by atoms with Crippen LogP contribution in [-0.2, 0) is 37.8 Å². The minimum Gasteiger partial charge on any atom is -0.506 e. The number of benzene rings is 4. The SMILES string of the molecule is O=C(N1CCN(c2ccc(O)cn2)CC1)C(O)(c1ccccc1)C1CCCCC1.O=C(N1CCN(c2ccc(OCc3ccccc3)cn2)CC1)C(O)(c1ccccc1)C1CCCCC1.O=C(O)C(O)(c1ccccc1)C1CCCCC1. The van der Waals surface area contributed by atoms with Gasteiger partial charge < -0.3 is 49.9 Å². The number of ether oxygens (including phenoxy) is 1. The molecule has 0 bridgehead atoms. The van der Waals surface area contributed by atoms with E-state index >= 15 is 0 Å². The quantitative estimate of drug-likeness (QED) is 0.0691. The fraction of sp³-hybridized carbons (Fsp3) is 0.448. The van der Waals surface area contributed by atoms with Gasteiger partial charge in [-0.15, -0.1) is 0 Å². The smallest absolute Gasteiger partial charge is 0.340 e. The van der Waals surface area contributed by atoms with E-state index in [2.05, 4.69) is 19.8 Å². The molecule has 82 heavy (non-hydrogen) atoms. The van der Waals surface area contributed by atoms with Crippen molar-refractivity contribution in [2.75, 3.05) is 62.2 Å². The second kappa shape index (κ2) is 28.1. The second-order valence-electron chi connectivity index (χ2n) is 22.8. The molecule has 3 saturated carbocycles. The maximum atomic E-state index is 13.8. The lowest BCUT2D eigenvalue weighted by atomic mass is 9.72. The van der Waals surface area contributed by atoms with Crippen LogP contribution < -0.4 is 14.5 Å². The lowest BCUT2D eigenvalue weighted by Gasteiger charge is -2.43. The van der Waals surface area contributed by atoms with Crippen LogP contribution in [0, 0.1) is 17.8 Å². The number of aliphatic carboxylic acids is 1. The predicted octanol–water partition coefficient (Wildman–Crippen LogP) is 10.2. The molecular formula is C67H82N6O9. The molecule has 2 saturated heterocycles. The Bertz CT molecular complexity index is 2910. The molecule has 3 unspecified atom stereocenters. The maximum Gasteiger partial charge on any atom is 0.340 e. The summed E-state index contributed by atoms with van der Waals surface area (Å²) in [4.78, 5) is 55.7. The molecule has 6 aromatic rings. The lowest BCUT2D eigenvalue weighted by molar-refractivity contribution is -0.168. The molecule has 3 aliphatic carbocycles. The predicted molar refractivity (Wildman–Crippen MR) is 317 cm³/mol. The number of aromatic nitrogens is 2. The fourth-order valence-electron chi connectivity index (χ4n) is 12.9. The van der Waals surface area contributed by atoms with E-state index in [1.807, 2.05) is 114 Å². The van der Waals surface area contributed by atoms with Gasteiger partial charge in [-0.05, 0) is 85.0 Å². The number of aliphatic hydroxyl groups is 3. The molecule has 15 nitrogen and oxygen atoms in total. The Morgan fingerprint density at radius 1 is 0.439 bits per heavy atom. The zero-order valence-corrected chi connectivity index (χ0v) is 47.3. The average Bonchev–Trinajstić information content (AvgIpc) is 3.66. The van der Waals surface area contributed by atoms with Gasteiger partial charge in [-0.1, -0.05) is 179 Å². The molecule has 2 amide bonds. The first-order valence-electron chi connectivity index (χ1n) is 29.8. The van der Waals surface area contributed by atoms with Gasteiger partial charge in [0.05, 0.1) is 12.4 Å². The number of amides is 2. The summed E-state index contributed by atoms with van der Waals surface area (Å²) >= 11 is 0. The third-order valence-corrected chi connectivity index (χ3v) is 17.7. The number of piperazine rings is 2. The number of anilines is 2. The van der Waals surface area contributed by atoms with Crippen molar-refractivity contribution in [1.82, 2.24) is 19.8 Å². The highest BCUT2D eigenvalue weighted by Gasteiger charge is 2.50. The van der Waals surface area contributed by atoms with E-state index in [0.717, 1.165) is 112 Å². The molecule has 2 aliphatic heterocycles. The molecular weight excluding hydrogens is 1030 g/mol. The third kappa shape index (κ3) is 13.9. The molecule has 5 aliphatic rings. The number of carbonyl (C=O) groups excluding carboxylic acids is 2. The summed E-state index contributed by atoms with van der Waals surface area (Å²) in [5.41, 5.74) is -1.59. The Morgan fingerprint density at radius 2 is 0.793 bits per heavy atom. The van der Waals surface area contributed by atoms with Gasteiger partial charge in [0.1, 0.15) is 29.7 Å². The van der Waals surface area contributed by atoms with Crippen molar-refractivity contribution in [1.29, 1.82) is 0 Å². The third-order valence-electron chi connectivity index (χ3n) is 17.7. The Morgan fingerprint density at radius 3 is 1.15 bits per heavy atom. The number of nitrogens with zero attached hydrogens (tertiary/aromatic N) is 6. The number of hydrogen-bond acceptors (Lipinski definition) is 12. The second-order valence-corrected chi connectivity index (χ2v) is 22.8. The van der Waals surface area contributed by atoms with Crippen LogP contribution in [0.4, 0.5) is 11.6 Å².